The van der Waals surface area contributed by atoms with Gasteiger partial charge in [0.25, 0.3) is 5.91 Å². The lowest BCUT2D eigenvalue weighted by Gasteiger charge is -2.09. The van der Waals surface area contributed by atoms with Gasteiger partial charge in [-0.1, -0.05) is 11.8 Å². The first kappa shape index (κ1) is 14.4. The number of hydrogen-bond acceptors (Lipinski definition) is 4. The molecule has 0 fully saturated rings. The molecule has 0 aromatic carbocycles. The fourth-order valence-corrected chi connectivity index (χ4v) is 2.39. The second-order valence-electron chi connectivity index (χ2n) is 4.15. The summed E-state index contributed by atoms with van der Waals surface area (Å²) in [6.07, 6.45) is 2.02. The Labute approximate surface area is 121 Å². The van der Waals surface area contributed by atoms with E-state index >= 15 is 0 Å². The molecule has 2 N–H and O–H groups in total. The van der Waals surface area contributed by atoms with Gasteiger partial charge in [0, 0.05) is 6.42 Å². The van der Waals surface area contributed by atoms with E-state index in [-0.39, 0.29) is 18.6 Å². The summed E-state index contributed by atoms with van der Waals surface area (Å²) in [5.41, 5.74) is 0. The van der Waals surface area contributed by atoms with Crippen LogP contribution in [0.5, 0.6) is 0 Å². The highest BCUT2D eigenvalue weighted by Crippen LogP contribution is 2.18. The van der Waals surface area contributed by atoms with Crippen molar-refractivity contribution in [3.05, 3.63) is 46.0 Å². The Hall–Kier alpha value is -2.03. The number of carbonyl (C=O) groups is 1. The standard InChI is InChI=1S/C15H15NO3S/c1-11(13-6-4-10-19-13)16-15(18)14-8-7-12(20-14)5-2-3-9-17/h4,6-8,10-11,17H,3,9H2,1H3,(H,16,18). The van der Waals surface area contributed by atoms with Crippen LogP contribution in [0.3, 0.4) is 0 Å². The summed E-state index contributed by atoms with van der Waals surface area (Å²) >= 11 is 1.33. The quantitative estimate of drug-likeness (QED) is 0.850. The molecule has 0 aliphatic rings. The van der Waals surface area contributed by atoms with E-state index in [1.807, 2.05) is 19.1 Å². The van der Waals surface area contributed by atoms with Crippen molar-refractivity contribution in [2.45, 2.75) is 19.4 Å². The monoisotopic (exact) mass is 289 g/mol. The molecule has 0 aliphatic carbocycles. The maximum absolute atomic E-state index is 12.1. The highest BCUT2D eigenvalue weighted by atomic mass is 32.1. The van der Waals surface area contributed by atoms with Gasteiger partial charge in [0.1, 0.15) is 5.76 Å². The van der Waals surface area contributed by atoms with Crippen LogP contribution in [0.15, 0.2) is 34.9 Å². The van der Waals surface area contributed by atoms with Crippen molar-refractivity contribution < 1.29 is 14.3 Å². The van der Waals surface area contributed by atoms with Crippen LogP contribution in [-0.2, 0) is 0 Å². The minimum atomic E-state index is -0.177. The molecular weight excluding hydrogens is 274 g/mol. The van der Waals surface area contributed by atoms with Gasteiger partial charge in [-0.2, -0.15) is 0 Å². The van der Waals surface area contributed by atoms with Crippen LogP contribution in [0.4, 0.5) is 0 Å². The average molecular weight is 289 g/mol. The van der Waals surface area contributed by atoms with Crippen molar-refractivity contribution >= 4 is 17.2 Å². The Morgan fingerprint density at radius 3 is 3.05 bits per heavy atom. The Bertz CT molecular complexity index is 619. The number of thiophene rings is 1. The maximum Gasteiger partial charge on any atom is 0.261 e. The van der Waals surface area contributed by atoms with Gasteiger partial charge in [0.05, 0.1) is 28.7 Å². The maximum atomic E-state index is 12.1. The van der Waals surface area contributed by atoms with Gasteiger partial charge >= 0.3 is 0 Å². The molecule has 4 nitrogen and oxygen atoms in total. The van der Waals surface area contributed by atoms with E-state index in [1.54, 1.807) is 18.4 Å². The van der Waals surface area contributed by atoms with Gasteiger partial charge < -0.3 is 14.8 Å². The molecule has 2 heterocycles. The first-order valence-electron chi connectivity index (χ1n) is 6.24. The van der Waals surface area contributed by atoms with Gasteiger partial charge in [0.2, 0.25) is 0 Å². The number of hydrogen-bond donors (Lipinski definition) is 2. The van der Waals surface area contributed by atoms with E-state index in [4.69, 9.17) is 9.52 Å². The third-order valence-corrected chi connectivity index (χ3v) is 3.60. The molecule has 0 saturated carbocycles. The first-order chi connectivity index (χ1) is 9.70. The molecule has 104 valence electrons. The summed E-state index contributed by atoms with van der Waals surface area (Å²) in [6, 6.07) is 6.99. The second-order valence-corrected chi connectivity index (χ2v) is 5.23. The Morgan fingerprint density at radius 1 is 1.50 bits per heavy atom. The van der Waals surface area contributed by atoms with Gasteiger partial charge in [-0.3, -0.25) is 4.79 Å². The molecule has 1 unspecified atom stereocenters. The van der Waals surface area contributed by atoms with E-state index in [2.05, 4.69) is 17.2 Å². The number of amides is 1. The zero-order valence-electron chi connectivity index (χ0n) is 11.1. The second kappa shape index (κ2) is 6.94. The van der Waals surface area contributed by atoms with Gasteiger partial charge in [0.15, 0.2) is 0 Å². The molecule has 1 amide bonds. The van der Waals surface area contributed by atoms with Gasteiger partial charge in [-0.05, 0) is 31.2 Å². The molecule has 2 aromatic rings. The van der Waals surface area contributed by atoms with Crippen molar-refractivity contribution in [1.29, 1.82) is 0 Å². The molecule has 0 bridgehead atoms. The largest absolute Gasteiger partial charge is 0.467 e. The predicted molar refractivity (Wildman–Crippen MR) is 77.5 cm³/mol. The number of nitrogens with one attached hydrogen (secondary N) is 1. The highest BCUT2D eigenvalue weighted by Gasteiger charge is 2.14. The van der Waals surface area contributed by atoms with Crippen molar-refractivity contribution in [3.8, 4) is 11.8 Å². The lowest BCUT2D eigenvalue weighted by molar-refractivity contribution is 0.0939. The molecule has 0 radical (unpaired) electrons. The van der Waals surface area contributed by atoms with Crippen LogP contribution in [0.1, 0.15) is 39.7 Å². The zero-order valence-corrected chi connectivity index (χ0v) is 11.9. The van der Waals surface area contributed by atoms with Crippen molar-refractivity contribution in [2.24, 2.45) is 0 Å². The Kier molecular flexibility index (Phi) is 4.99. The summed E-state index contributed by atoms with van der Waals surface area (Å²) < 4.78 is 5.25. The van der Waals surface area contributed by atoms with E-state index in [9.17, 15) is 4.79 Å². The van der Waals surface area contributed by atoms with E-state index in [0.717, 1.165) is 10.6 Å². The highest BCUT2D eigenvalue weighted by molar-refractivity contribution is 7.14. The van der Waals surface area contributed by atoms with Crippen LogP contribution < -0.4 is 5.32 Å². The average Bonchev–Trinajstić information content (AvgIpc) is 3.10. The number of furan rings is 1. The first-order valence-corrected chi connectivity index (χ1v) is 7.06. The molecule has 0 saturated heterocycles. The summed E-state index contributed by atoms with van der Waals surface area (Å²) in [5, 5.41) is 11.5. The number of carbonyl (C=O) groups excluding carboxylic acids is 1. The van der Waals surface area contributed by atoms with Crippen LogP contribution in [0.25, 0.3) is 0 Å². The number of aliphatic hydroxyl groups excluding tert-OH is 1. The fourth-order valence-electron chi connectivity index (χ4n) is 1.61. The predicted octanol–water partition coefficient (Wildman–Crippen LogP) is 2.57. The van der Waals surface area contributed by atoms with E-state index in [1.165, 1.54) is 11.3 Å². The van der Waals surface area contributed by atoms with E-state index in [0.29, 0.717) is 11.3 Å². The smallest absolute Gasteiger partial charge is 0.261 e. The lowest BCUT2D eigenvalue weighted by atomic mass is 10.2. The molecule has 2 rings (SSSR count). The van der Waals surface area contributed by atoms with E-state index < -0.39 is 0 Å². The summed E-state index contributed by atoms with van der Waals surface area (Å²) in [6.45, 7) is 1.92. The van der Waals surface area contributed by atoms with Crippen LogP contribution in [0.2, 0.25) is 0 Å². The van der Waals surface area contributed by atoms with Crippen LogP contribution in [-0.4, -0.2) is 17.6 Å². The Morgan fingerprint density at radius 2 is 2.35 bits per heavy atom. The third-order valence-electron chi connectivity index (χ3n) is 2.60. The number of aliphatic hydroxyl groups is 1. The molecule has 20 heavy (non-hydrogen) atoms. The van der Waals surface area contributed by atoms with Gasteiger partial charge in [-0.15, -0.1) is 11.3 Å². The molecule has 2 aromatic heterocycles. The molecule has 0 aliphatic heterocycles. The molecular formula is C15H15NO3S. The number of rotatable bonds is 4. The molecule has 5 heteroatoms. The Balaban J connectivity index is 1.98. The third kappa shape index (κ3) is 3.73. The zero-order chi connectivity index (χ0) is 14.4. The SMILES string of the molecule is CC(NC(=O)c1ccc(C#CCCO)s1)c1ccco1. The van der Waals surface area contributed by atoms with Crippen LogP contribution in [0, 0.1) is 11.8 Å². The lowest BCUT2D eigenvalue weighted by Crippen LogP contribution is -2.25. The molecule has 0 spiro atoms. The van der Waals surface area contributed by atoms with Crippen LogP contribution >= 0.6 is 11.3 Å². The fraction of sp³-hybridized carbons (Fsp3) is 0.267. The van der Waals surface area contributed by atoms with Crippen molar-refractivity contribution in [3.63, 3.8) is 0 Å². The summed E-state index contributed by atoms with van der Waals surface area (Å²) in [5.74, 6) is 6.32. The van der Waals surface area contributed by atoms with Gasteiger partial charge in [-0.25, -0.2) is 0 Å². The van der Waals surface area contributed by atoms with Crippen molar-refractivity contribution in [1.82, 2.24) is 5.32 Å². The molecule has 1 atom stereocenters. The summed E-state index contributed by atoms with van der Waals surface area (Å²) in [4.78, 5) is 13.5. The minimum Gasteiger partial charge on any atom is -0.467 e. The topological polar surface area (TPSA) is 62.5 Å². The normalized spacial score (nSPS) is 11.5. The minimum absolute atomic E-state index is 0.0480. The van der Waals surface area contributed by atoms with Crippen molar-refractivity contribution in [2.75, 3.05) is 6.61 Å². The summed E-state index contributed by atoms with van der Waals surface area (Å²) in [7, 11) is 0.